The molecule has 4 rings (SSSR count). The summed E-state index contributed by atoms with van der Waals surface area (Å²) < 4.78 is 19.3. The molecule has 0 aromatic heterocycles. The normalized spacial score (nSPS) is 14.9. The molecule has 1 unspecified atom stereocenters. The molecule has 1 aliphatic heterocycles. The predicted molar refractivity (Wildman–Crippen MR) is 159 cm³/mol. The fourth-order valence-electron chi connectivity index (χ4n) is 4.65. The van der Waals surface area contributed by atoms with Gasteiger partial charge < -0.3 is 20.5 Å². The van der Waals surface area contributed by atoms with Crippen LogP contribution in [0.3, 0.4) is 0 Å². The third-order valence-corrected chi connectivity index (χ3v) is 6.64. The zero-order valence-corrected chi connectivity index (χ0v) is 24.5. The van der Waals surface area contributed by atoms with Crippen LogP contribution < -0.4 is 20.4 Å². The maximum Gasteiger partial charge on any atom is 0.407 e. The van der Waals surface area contributed by atoms with Gasteiger partial charge in [0.15, 0.2) is 0 Å². The average molecular weight is 605 g/mol. The van der Waals surface area contributed by atoms with Crippen molar-refractivity contribution in [2.24, 2.45) is 5.92 Å². The van der Waals surface area contributed by atoms with E-state index in [-0.39, 0.29) is 30.0 Å². The first kappa shape index (κ1) is 31.7. The average Bonchev–Trinajstić information content (AvgIpc) is 3.04. The molecule has 0 aliphatic carbocycles. The zero-order valence-electron chi connectivity index (χ0n) is 24.5. The summed E-state index contributed by atoms with van der Waals surface area (Å²) in [6.45, 7) is 4.50. The third kappa shape index (κ3) is 7.77. The first-order valence-corrected chi connectivity index (χ1v) is 13.9. The SMILES string of the molecule is CC(C)(C)OC(=O)NCc1ccc(N2C(=O)C(CC(=O)NCc3ccccc3F)C(=O)N(CC(=O)O)c3ccccc32)cc1. The molecule has 0 bridgehead atoms. The monoisotopic (exact) mass is 604 g/mol. The minimum atomic E-state index is -1.57. The Balaban J connectivity index is 1.63. The van der Waals surface area contributed by atoms with E-state index in [1.54, 1.807) is 69.3 Å². The number of anilines is 3. The molecule has 3 aromatic carbocycles. The Morgan fingerprint density at radius 3 is 2.14 bits per heavy atom. The van der Waals surface area contributed by atoms with Gasteiger partial charge in [0.05, 0.1) is 11.4 Å². The van der Waals surface area contributed by atoms with Crippen molar-refractivity contribution < 1.29 is 38.2 Å². The summed E-state index contributed by atoms with van der Waals surface area (Å²) in [6, 6.07) is 18.8. The predicted octanol–water partition coefficient (Wildman–Crippen LogP) is 4.27. The minimum absolute atomic E-state index is 0.148. The maximum absolute atomic E-state index is 14.1. The van der Waals surface area contributed by atoms with Gasteiger partial charge in [-0.2, -0.15) is 0 Å². The van der Waals surface area contributed by atoms with E-state index in [0.29, 0.717) is 11.3 Å². The van der Waals surface area contributed by atoms with E-state index < -0.39 is 60.1 Å². The Bertz CT molecular complexity index is 1570. The van der Waals surface area contributed by atoms with Gasteiger partial charge in [-0.05, 0) is 56.7 Å². The van der Waals surface area contributed by atoms with Gasteiger partial charge in [0.25, 0.3) is 0 Å². The second-order valence-electron chi connectivity index (χ2n) is 11.1. The number of benzene rings is 3. The largest absolute Gasteiger partial charge is 0.480 e. The van der Waals surface area contributed by atoms with Crippen LogP contribution in [0.4, 0.5) is 26.2 Å². The number of nitrogens with one attached hydrogen (secondary N) is 2. The van der Waals surface area contributed by atoms with Crippen LogP contribution >= 0.6 is 0 Å². The van der Waals surface area contributed by atoms with E-state index in [0.717, 1.165) is 4.90 Å². The number of hydrogen-bond donors (Lipinski definition) is 3. The van der Waals surface area contributed by atoms with Crippen LogP contribution in [0.15, 0.2) is 72.8 Å². The highest BCUT2D eigenvalue weighted by molar-refractivity contribution is 6.21. The van der Waals surface area contributed by atoms with Gasteiger partial charge in [-0.3, -0.25) is 29.0 Å². The summed E-state index contributed by atoms with van der Waals surface area (Å²) in [4.78, 5) is 66.8. The van der Waals surface area contributed by atoms with Crippen molar-refractivity contribution in [2.45, 2.75) is 45.9 Å². The molecule has 1 atom stereocenters. The highest BCUT2D eigenvalue weighted by Crippen LogP contribution is 2.40. The Kier molecular flexibility index (Phi) is 9.62. The van der Waals surface area contributed by atoms with Crippen LogP contribution in [-0.2, 0) is 37.0 Å². The molecule has 4 amide bonds. The molecular formula is C32H33FN4O7. The number of alkyl carbamates (subject to hydrolysis) is 1. The lowest BCUT2D eigenvalue weighted by Crippen LogP contribution is -2.44. The number of carbonyl (C=O) groups is 5. The molecule has 230 valence electrons. The number of carboxylic acids is 1. The Morgan fingerprint density at radius 2 is 1.50 bits per heavy atom. The summed E-state index contributed by atoms with van der Waals surface area (Å²) in [6.07, 6.45) is -1.18. The summed E-state index contributed by atoms with van der Waals surface area (Å²) >= 11 is 0. The van der Waals surface area contributed by atoms with E-state index in [1.807, 2.05) is 0 Å². The number of rotatable bonds is 9. The van der Waals surface area contributed by atoms with Crippen LogP contribution in [0.25, 0.3) is 0 Å². The second kappa shape index (κ2) is 13.4. The summed E-state index contributed by atoms with van der Waals surface area (Å²) in [5.74, 6) is -5.68. The molecule has 0 saturated carbocycles. The number of hydrogen-bond acceptors (Lipinski definition) is 6. The molecule has 3 N–H and O–H groups in total. The van der Waals surface area contributed by atoms with Gasteiger partial charge in [-0.25, -0.2) is 9.18 Å². The van der Waals surface area contributed by atoms with Crippen molar-refractivity contribution in [1.82, 2.24) is 10.6 Å². The molecule has 1 heterocycles. The van der Waals surface area contributed by atoms with Gasteiger partial charge in [0.2, 0.25) is 17.7 Å². The lowest BCUT2D eigenvalue weighted by molar-refractivity contribution is -0.139. The van der Waals surface area contributed by atoms with Crippen LogP contribution in [0.1, 0.15) is 38.3 Å². The molecule has 11 nitrogen and oxygen atoms in total. The van der Waals surface area contributed by atoms with Gasteiger partial charge in [0.1, 0.15) is 23.9 Å². The van der Waals surface area contributed by atoms with Crippen LogP contribution in [-0.4, -0.2) is 47.0 Å². The van der Waals surface area contributed by atoms with Crippen LogP contribution in [0, 0.1) is 11.7 Å². The Hall–Kier alpha value is -5.26. The van der Waals surface area contributed by atoms with Gasteiger partial charge in [-0.1, -0.05) is 42.5 Å². The Labute approximate surface area is 253 Å². The molecule has 0 fully saturated rings. The number of halogens is 1. The Morgan fingerprint density at radius 1 is 0.864 bits per heavy atom. The molecule has 0 radical (unpaired) electrons. The molecule has 0 saturated heterocycles. The van der Waals surface area contributed by atoms with E-state index in [2.05, 4.69) is 10.6 Å². The molecule has 3 aromatic rings. The molecule has 1 aliphatic rings. The van der Waals surface area contributed by atoms with Crippen molar-refractivity contribution in [1.29, 1.82) is 0 Å². The minimum Gasteiger partial charge on any atom is -0.480 e. The number of amides is 4. The van der Waals surface area contributed by atoms with Gasteiger partial charge in [-0.15, -0.1) is 0 Å². The number of para-hydroxylation sites is 2. The number of nitrogens with zero attached hydrogens (tertiary/aromatic N) is 2. The maximum atomic E-state index is 14.1. The van der Waals surface area contributed by atoms with Gasteiger partial charge >= 0.3 is 12.1 Å². The first-order chi connectivity index (χ1) is 20.8. The smallest absolute Gasteiger partial charge is 0.407 e. The summed E-state index contributed by atoms with van der Waals surface area (Å²) in [7, 11) is 0. The summed E-state index contributed by atoms with van der Waals surface area (Å²) in [5, 5.41) is 14.8. The number of carbonyl (C=O) groups excluding carboxylic acids is 4. The number of aliphatic carboxylic acids is 1. The van der Waals surface area contributed by atoms with E-state index >= 15 is 0 Å². The third-order valence-electron chi connectivity index (χ3n) is 6.64. The quantitative estimate of drug-likeness (QED) is 0.309. The van der Waals surface area contributed by atoms with Crippen molar-refractivity contribution in [3.8, 4) is 0 Å². The fourth-order valence-corrected chi connectivity index (χ4v) is 4.65. The van der Waals surface area contributed by atoms with Gasteiger partial charge in [0, 0.05) is 30.8 Å². The topological polar surface area (TPSA) is 145 Å². The molecule has 12 heteroatoms. The van der Waals surface area contributed by atoms with E-state index in [9.17, 15) is 33.5 Å². The molecule has 44 heavy (non-hydrogen) atoms. The fraction of sp³-hybridized carbons (Fsp3) is 0.281. The molecular weight excluding hydrogens is 571 g/mol. The second-order valence-corrected chi connectivity index (χ2v) is 11.1. The lowest BCUT2D eigenvalue weighted by atomic mass is 10.0. The lowest BCUT2D eigenvalue weighted by Gasteiger charge is -2.25. The number of ether oxygens (including phenoxy) is 1. The van der Waals surface area contributed by atoms with Crippen LogP contribution in [0.2, 0.25) is 0 Å². The van der Waals surface area contributed by atoms with E-state index in [4.69, 9.17) is 4.74 Å². The van der Waals surface area contributed by atoms with Crippen molar-refractivity contribution in [3.63, 3.8) is 0 Å². The van der Waals surface area contributed by atoms with Crippen LogP contribution in [0.5, 0.6) is 0 Å². The highest BCUT2D eigenvalue weighted by atomic mass is 19.1. The van der Waals surface area contributed by atoms with Crippen molar-refractivity contribution >= 4 is 46.8 Å². The standard InChI is InChI=1S/C32H33FN4O7/c1-32(2,3)44-31(43)35-17-20-12-14-22(15-13-20)37-26-11-7-6-10-25(26)36(19-28(39)40)29(41)23(30(37)42)16-27(38)34-18-21-8-4-5-9-24(21)33/h4-15,23H,16-19H2,1-3H3,(H,34,38)(H,35,43)(H,39,40). The highest BCUT2D eigenvalue weighted by Gasteiger charge is 2.42. The van der Waals surface area contributed by atoms with E-state index in [1.165, 1.54) is 29.2 Å². The number of fused-ring (bicyclic) bond motifs is 1. The summed E-state index contributed by atoms with van der Waals surface area (Å²) in [5.41, 5.74) is 1.04. The molecule has 0 spiro atoms. The van der Waals surface area contributed by atoms with Crippen molar-refractivity contribution in [2.75, 3.05) is 16.3 Å². The first-order valence-electron chi connectivity index (χ1n) is 13.9. The number of carboxylic acid groups (broad SMARTS) is 1. The zero-order chi connectivity index (χ0) is 32.0. The van der Waals surface area contributed by atoms with Crippen molar-refractivity contribution in [3.05, 3.63) is 89.7 Å².